The SMILES string of the molecule is Cc1nc(Cn2cc(-c3nc(C(=O)NC(C)C)c4ccccn34)nc2C)cs1. The molecule has 4 rings (SSSR count). The topological polar surface area (TPSA) is 77.1 Å². The molecule has 4 heterocycles. The molecule has 0 fully saturated rings. The molecule has 0 unspecified atom stereocenters. The average molecular weight is 395 g/mol. The fraction of sp³-hybridized carbons (Fsp3) is 0.300. The molecule has 0 aliphatic rings. The molecule has 0 atom stereocenters. The number of aryl methyl sites for hydroxylation is 2. The molecule has 0 radical (unpaired) electrons. The summed E-state index contributed by atoms with van der Waals surface area (Å²) in [6, 6.07) is 5.76. The minimum Gasteiger partial charge on any atom is -0.348 e. The number of amides is 1. The third-order valence-corrected chi connectivity index (χ3v) is 5.21. The number of nitrogens with one attached hydrogen (secondary N) is 1. The van der Waals surface area contributed by atoms with E-state index in [2.05, 4.69) is 25.2 Å². The van der Waals surface area contributed by atoms with Crippen molar-refractivity contribution in [2.75, 3.05) is 0 Å². The van der Waals surface area contributed by atoms with E-state index >= 15 is 0 Å². The van der Waals surface area contributed by atoms with Crippen molar-refractivity contribution in [1.29, 1.82) is 0 Å². The first-order valence-electron chi connectivity index (χ1n) is 9.15. The molecule has 7 nitrogen and oxygen atoms in total. The van der Waals surface area contributed by atoms with Gasteiger partial charge in [0.05, 0.1) is 22.8 Å². The fourth-order valence-electron chi connectivity index (χ4n) is 3.15. The Morgan fingerprint density at radius 3 is 2.75 bits per heavy atom. The molecule has 0 saturated heterocycles. The summed E-state index contributed by atoms with van der Waals surface area (Å²) in [6.45, 7) is 8.49. The average Bonchev–Trinajstić information content (AvgIpc) is 3.32. The quantitative estimate of drug-likeness (QED) is 0.562. The highest BCUT2D eigenvalue weighted by Crippen LogP contribution is 2.23. The Balaban J connectivity index is 1.75. The van der Waals surface area contributed by atoms with Gasteiger partial charge < -0.3 is 9.88 Å². The molecule has 8 heteroatoms. The summed E-state index contributed by atoms with van der Waals surface area (Å²) in [7, 11) is 0. The van der Waals surface area contributed by atoms with E-state index in [4.69, 9.17) is 4.98 Å². The first kappa shape index (κ1) is 18.4. The molecule has 0 spiro atoms. The maximum Gasteiger partial charge on any atom is 0.272 e. The Morgan fingerprint density at radius 2 is 2.04 bits per heavy atom. The number of rotatable bonds is 5. The van der Waals surface area contributed by atoms with E-state index in [-0.39, 0.29) is 11.9 Å². The molecular formula is C20H22N6OS. The van der Waals surface area contributed by atoms with E-state index in [1.807, 2.05) is 62.7 Å². The molecule has 0 bridgehead atoms. The van der Waals surface area contributed by atoms with Crippen LogP contribution in [0.1, 0.15) is 40.9 Å². The molecule has 4 aromatic heterocycles. The maximum atomic E-state index is 12.6. The predicted molar refractivity (Wildman–Crippen MR) is 110 cm³/mol. The Morgan fingerprint density at radius 1 is 1.21 bits per heavy atom. The lowest BCUT2D eigenvalue weighted by Crippen LogP contribution is -2.30. The van der Waals surface area contributed by atoms with Crippen molar-refractivity contribution < 1.29 is 4.79 Å². The second kappa shape index (κ2) is 7.20. The van der Waals surface area contributed by atoms with Gasteiger partial charge in [0, 0.05) is 23.8 Å². The molecule has 0 saturated carbocycles. The second-order valence-corrected chi connectivity index (χ2v) is 8.09. The third kappa shape index (κ3) is 3.43. The zero-order valence-electron chi connectivity index (χ0n) is 16.3. The molecule has 0 aromatic carbocycles. The molecule has 0 aliphatic carbocycles. The predicted octanol–water partition coefficient (Wildman–Crippen LogP) is 3.46. The van der Waals surface area contributed by atoms with E-state index in [0.717, 1.165) is 27.7 Å². The van der Waals surface area contributed by atoms with Gasteiger partial charge in [-0.25, -0.2) is 15.0 Å². The number of nitrogens with zero attached hydrogens (tertiary/aromatic N) is 5. The number of fused-ring (bicyclic) bond motifs is 1. The summed E-state index contributed by atoms with van der Waals surface area (Å²) in [6.07, 6.45) is 3.87. The van der Waals surface area contributed by atoms with Gasteiger partial charge in [0.15, 0.2) is 11.5 Å². The van der Waals surface area contributed by atoms with E-state index in [1.165, 1.54) is 0 Å². The van der Waals surface area contributed by atoms with Crippen molar-refractivity contribution in [1.82, 2.24) is 29.2 Å². The highest BCUT2D eigenvalue weighted by Gasteiger charge is 2.20. The normalized spacial score (nSPS) is 11.5. The van der Waals surface area contributed by atoms with E-state index in [0.29, 0.717) is 18.1 Å². The van der Waals surface area contributed by atoms with Gasteiger partial charge in [0.25, 0.3) is 5.91 Å². The Bertz CT molecular complexity index is 1150. The molecule has 1 amide bonds. The van der Waals surface area contributed by atoms with E-state index in [1.54, 1.807) is 11.3 Å². The fourth-order valence-corrected chi connectivity index (χ4v) is 3.75. The van der Waals surface area contributed by atoms with Crippen molar-refractivity contribution in [3.05, 3.63) is 58.2 Å². The zero-order chi connectivity index (χ0) is 19.8. The first-order chi connectivity index (χ1) is 13.4. The molecule has 144 valence electrons. The van der Waals surface area contributed by atoms with Crippen LogP contribution >= 0.6 is 11.3 Å². The van der Waals surface area contributed by atoms with Gasteiger partial charge >= 0.3 is 0 Å². The van der Waals surface area contributed by atoms with Crippen molar-refractivity contribution in [2.45, 2.75) is 40.3 Å². The number of hydrogen-bond acceptors (Lipinski definition) is 5. The van der Waals surface area contributed by atoms with Gasteiger partial charge in [-0.2, -0.15) is 0 Å². The summed E-state index contributed by atoms with van der Waals surface area (Å²) in [5.41, 5.74) is 2.92. The summed E-state index contributed by atoms with van der Waals surface area (Å²) >= 11 is 1.64. The van der Waals surface area contributed by atoms with Crippen LogP contribution < -0.4 is 5.32 Å². The van der Waals surface area contributed by atoms with Crippen LogP contribution in [-0.2, 0) is 6.54 Å². The molecule has 0 aliphatic heterocycles. The lowest BCUT2D eigenvalue weighted by Gasteiger charge is -2.06. The summed E-state index contributed by atoms with van der Waals surface area (Å²) < 4.78 is 3.97. The van der Waals surface area contributed by atoms with Gasteiger partial charge in [-0.15, -0.1) is 11.3 Å². The summed E-state index contributed by atoms with van der Waals surface area (Å²) in [4.78, 5) is 26.5. The van der Waals surface area contributed by atoms with E-state index < -0.39 is 0 Å². The lowest BCUT2D eigenvalue weighted by atomic mass is 10.3. The zero-order valence-corrected chi connectivity index (χ0v) is 17.1. The minimum absolute atomic E-state index is 0.0411. The number of carbonyl (C=O) groups is 1. The number of pyridine rings is 1. The lowest BCUT2D eigenvalue weighted by molar-refractivity contribution is 0.0940. The molecule has 4 aromatic rings. The largest absolute Gasteiger partial charge is 0.348 e. The Labute approximate surface area is 167 Å². The van der Waals surface area contributed by atoms with Crippen LogP contribution in [0.25, 0.3) is 17.0 Å². The Hall–Kier alpha value is -3.00. The van der Waals surface area contributed by atoms with Gasteiger partial charge in [0.2, 0.25) is 0 Å². The Kier molecular flexibility index (Phi) is 4.72. The number of carbonyl (C=O) groups excluding carboxylic acids is 1. The standard InChI is InChI=1S/C20H22N6OS/c1-12(2)21-20(27)18-17-7-5-6-8-26(17)19(24-18)16-10-25(13(3)22-16)9-15-11-28-14(4)23-15/h5-8,10-12H,9H2,1-4H3,(H,21,27). The van der Waals surface area contributed by atoms with Crippen LogP contribution in [0, 0.1) is 13.8 Å². The highest BCUT2D eigenvalue weighted by atomic mass is 32.1. The van der Waals surface area contributed by atoms with Crippen LogP contribution in [0.15, 0.2) is 36.0 Å². The summed E-state index contributed by atoms with van der Waals surface area (Å²) in [5.74, 6) is 1.35. The van der Waals surface area contributed by atoms with Crippen LogP contribution in [0.3, 0.4) is 0 Å². The van der Waals surface area contributed by atoms with Crippen molar-refractivity contribution in [2.24, 2.45) is 0 Å². The van der Waals surface area contributed by atoms with E-state index in [9.17, 15) is 4.79 Å². The van der Waals surface area contributed by atoms with Crippen LogP contribution in [0.4, 0.5) is 0 Å². The van der Waals surface area contributed by atoms with Crippen molar-refractivity contribution in [3.8, 4) is 11.5 Å². The summed E-state index contributed by atoms with van der Waals surface area (Å²) in [5, 5.41) is 6.03. The number of hydrogen-bond donors (Lipinski definition) is 1. The third-order valence-electron chi connectivity index (χ3n) is 4.39. The minimum atomic E-state index is -0.181. The number of imidazole rings is 2. The van der Waals surface area contributed by atoms with Crippen molar-refractivity contribution in [3.63, 3.8) is 0 Å². The van der Waals surface area contributed by atoms with Gasteiger partial charge in [-0.1, -0.05) is 6.07 Å². The van der Waals surface area contributed by atoms with Gasteiger partial charge in [-0.3, -0.25) is 9.20 Å². The van der Waals surface area contributed by atoms with Crippen molar-refractivity contribution >= 4 is 22.8 Å². The van der Waals surface area contributed by atoms with Crippen LogP contribution in [0.5, 0.6) is 0 Å². The molecular weight excluding hydrogens is 372 g/mol. The first-order valence-corrected chi connectivity index (χ1v) is 10.0. The molecule has 28 heavy (non-hydrogen) atoms. The monoisotopic (exact) mass is 394 g/mol. The second-order valence-electron chi connectivity index (χ2n) is 7.03. The van der Waals surface area contributed by atoms with Gasteiger partial charge in [0.1, 0.15) is 11.5 Å². The maximum absolute atomic E-state index is 12.6. The van der Waals surface area contributed by atoms with Gasteiger partial charge in [-0.05, 0) is 39.8 Å². The number of thiazole rings is 1. The van der Waals surface area contributed by atoms with Crippen LogP contribution in [-0.4, -0.2) is 35.9 Å². The highest BCUT2D eigenvalue weighted by molar-refractivity contribution is 7.09. The molecule has 1 N–H and O–H groups in total. The van der Waals surface area contributed by atoms with Crippen LogP contribution in [0.2, 0.25) is 0 Å². The smallest absolute Gasteiger partial charge is 0.272 e. The number of aromatic nitrogens is 5.